The summed E-state index contributed by atoms with van der Waals surface area (Å²) in [5.41, 5.74) is 1.05. The minimum absolute atomic E-state index is 0.205. The molecule has 0 saturated heterocycles. The fourth-order valence-electron chi connectivity index (χ4n) is 2.11. The molecule has 2 rings (SSSR count). The largest absolute Gasteiger partial charge is 0.494 e. The topological polar surface area (TPSA) is 21.3 Å². The average molecular weight is 279 g/mol. The highest BCUT2D eigenvalue weighted by Crippen LogP contribution is 2.26. The zero-order valence-corrected chi connectivity index (χ0v) is 12.0. The van der Waals surface area contributed by atoms with Crippen molar-refractivity contribution in [1.82, 2.24) is 5.32 Å². The van der Waals surface area contributed by atoms with Crippen molar-refractivity contribution >= 4 is 11.3 Å². The Morgan fingerprint density at radius 3 is 2.84 bits per heavy atom. The molecule has 0 bridgehead atoms. The molecule has 0 aliphatic rings. The van der Waals surface area contributed by atoms with Crippen LogP contribution >= 0.6 is 11.3 Å². The lowest BCUT2D eigenvalue weighted by atomic mass is 10.0. The predicted octanol–water partition coefficient (Wildman–Crippen LogP) is 3.79. The van der Waals surface area contributed by atoms with Crippen LogP contribution in [0.15, 0.2) is 35.7 Å². The molecule has 2 nitrogen and oxygen atoms in total. The van der Waals surface area contributed by atoms with Gasteiger partial charge in [-0.3, -0.25) is 0 Å². The van der Waals surface area contributed by atoms with Gasteiger partial charge in [-0.2, -0.15) is 0 Å². The Balaban J connectivity index is 2.08. The van der Waals surface area contributed by atoms with Crippen molar-refractivity contribution in [2.75, 3.05) is 14.2 Å². The Morgan fingerprint density at radius 2 is 2.21 bits per heavy atom. The third-order valence-electron chi connectivity index (χ3n) is 3.19. The molecule has 102 valence electrons. The summed E-state index contributed by atoms with van der Waals surface area (Å²) in [6, 6.07) is 9.46. The van der Waals surface area contributed by atoms with Gasteiger partial charge in [-0.25, -0.2) is 4.39 Å². The second-order valence-electron chi connectivity index (χ2n) is 4.35. The molecule has 1 atom stereocenters. The van der Waals surface area contributed by atoms with E-state index in [1.54, 1.807) is 17.4 Å². The van der Waals surface area contributed by atoms with Gasteiger partial charge in [0.1, 0.15) is 0 Å². The molecule has 1 heterocycles. The molecule has 0 fully saturated rings. The van der Waals surface area contributed by atoms with Crippen molar-refractivity contribution in [3.63, 3.8) is 0 Å². The van der Waals surface area contributed by atoms with Gasteiger partial charge in [0, 0.05) is 10.9 Å². The molecule has 1 N–H and O–H groups in total. The Bertz CT molecular complexity index is 513. The van der Waals surface area contributed by atoms with E-state index in [9.17, 15) is 4.39 Å². The van der Waals surface area contributed by atoms with Crippen LogP contribution in [0, 0.1) is 5.82 Å². The maximum Gasteiger partial charge on any atom is 0.165 e. The second kappa shape index (κ2) is 6.68. The average Bonchev–Trinajstić information content (AvgIpc) is 2.94. The van der Waals surface area contributed by atoms with Gasteiger partial charge in [-0.15, -0.1) is 11.3 Å². The molecule has 0 spiro atoms. The molecular weight excluding hydrogens is 261 g/mol. The van der Waals surface area contributed by atoms with Crippen LogP contribution in [0.1, 0.15) is 22.9 Å². The van der Waals surface area contributed by atoms with E-state index in [1.165, 1.54) is 18.1 Å². The van der Waals surface area contributed by atoms with Crippen molar-refractivity contribution in [3.8, 4) is 5.75 Å². The minimum atomic E-state index is -0.320. The number of benzene rings is 1. The van der Waals surface area contributed by atoms with Gasteiger partial charge in [-0.1, -0.05) is 12.1 Å². The number of nitrogens with one attached hydrogen (secondary N) is 1. The number of ether oxygens (including phenoxy) is 1. The molecule has 0 aliphatic heterocycles. The van der Waals surface area contributed by atoms with Gasteiger partial charge in [0.2, 0.25) is 0 Å². The normalized spacial score (nSPS) is 12.4. The molecule has 0 aliphatic carbocycles. The summed E-state index contributed by atoms with van der Waals surface area (Å²) in [4.78, 5) is 1.37. The zero-order chi connectivity index (χ0) is 13.7. The Labute approximate surface area is 117 Å². The summed E-state index contributed by atoms with van der Waals surface area (Å²) in [6.45, 7) is 0. The van der Waals surface area contributed by atoms with Gasteiger partial charge < -0.3 is 10.1 Å². The van der Waals surface area contributed by atoms with Crippen LogP contribution in [0.4, 0.5) is 4.39 Å². The number of thiophene rings is 1. The molecular formula is C15H18FNOS. The molecule has 0 amide bonds. The lowest BCUT2D eigenvalue weighted by molar-refractivity contribution is 0.384. The monoisotopic (exact) mass is 279 g/mol. The Morgan fingerprint density at radius 1 is 1.37 bits per heavy atom. The maximum atomic E-state index is 13.4. The van der Waals surface area contributed by atoms with Crippen LogP contribution < -0.4 is 10.1 Å². The lowest BCUT2D eigenvalue weighted by Crippen LogP contribution is -2.17. The molecule has 2 aromatic rings. The van der Waals surface area contributed by atoms with Gasteiger partial charge >= 0.3 is 0 Å². The lowest BCUT2D eigenvalue weighted by Gasteiger charge is -2.17. The van der Waals surface area contributed by atoms with Crippen LogP contribution in [-0.2, 0) is 6.42 Å². The number of hydrogen-bond acceptors (Lipinski definition) is 3. The molecule has 0 saturated carbocycles. The van der Waals surface area contributed by atoms with Crippen LogP contribution in [0.2, 0.25) is 0 Å². The van der Waals surface area contributed by atoms with Gasteiger partial charge in [-0.05, 0) is 49.0 Å². The predicted molar refractivity (Wildman–Crippen MR) is 77.4 cm³/mol. The van der Waals surface area contributed by atoms with Crippen molar-refractivity contribution in [2.45, 2.75) is 18.9 Å². The van der Waals surface area contributed by atoms with E-state index in [2.05, 4.69) is 22.8 Å². The minimum Gasteiger partial charge on any atom is -0.494 e. The smallest absolute Gasteiger partial charge is 0.165 e. The summed E-state index contributed by atoms with van der Waals surface area (Å²) < 4.78 is 18.4. The summed E-state index contributed by atoms with van der Waals surface area (Å²) in [6.07, 6.45) is 1.99. The van der Waals surface area contributed by atoms with E-state index < -0.39 is 0 Å². The maximum absolute atomic E-state index is 13.4. The van der Waals surface area contributed by atoms with Crippen molar-refractivity contribution in [3.05, 3.63) is 52.0 Å². The summed E-state index contributed by atoms with van der Waals surface area (Å²) in [5.74, 6) is -0.0202. The Kier molecular flexibility index (Phi) is 4.93. The van der Waals surface area contributed by atoms with Gasteiger partial charge in [0.25, 0.3) is 0 Å². The van der Waals surface area contributed by atoms with E-state index in [-0.39, 0.29) is 11.9 Å². The highest BCUT2D eigenvalue weighted by atomic mass is 32.1. The van der Waals surface area contributed by atoms with Crippen molar-refractivity contribution in [1.29, 1.82) is 0 Å². The van der Waals surface area contributed by atoms with E-state index in [0.29, 0.717) is 5.75 Å². The quantitative estimate of drug-likeness (QED) is 0.868. The number of halogens is 1. The first-order chi connectivity index (χ1) is 9.24. The van der Waals surface area contributed by atoms with E-state index in [4.69, 9.17) is 4.74 Å². The first-order valence-corrected chi connectivity index (χ1v) is 7.15. The molecule has 4 heteroatoms. The van der Waals surface area contributed by atoms with E-state index in [0.717, 1.165) is 18.4 Å². The fourth-order valence-corrected chi connectivity index (χ4v) is 2.84. The molecule has 19 heavy (non-hydrogen) atoms. The first kappa shape index (κ1) is 14.0. The summed E-state index contributed by atoms with van der Waals surface area (Å²) >= 11 is 1.77. The number of hydrogen-bond donors (Lipinski definition) is 1. The van der Waals surface area contributed by atoms with Gasteiger partial charge in [0.15, 0.2) is 11.6 Å². The summed E-state index contributed by atoms with van der Waals surface area (Å²) in [7, 11) is 3.41. The number of methoxy groups -OCH3 is 1. The molecule has 1 aromatic carbocycles. The number of rotatable bonds is 6. The zero-order valence-electron chi connectivity index (χ0n) is 11.2. The Hall–Kier alpha value is -1.39. The first-order valence-electron chi connectivity index (χ1n) is 6.27. The molecule has 0 radical (unpaired) electrons. The highest BCUT2D eigenvalue weighted by Gasteiger charge is 2.12. The van der Waals surface area contributed by atoms with E-state index >= 15 is 0 Å². The van der Waals surface area contributed by atoms with Crippen molar-refractivity contribution < 1.29 is 9.13 Å². The third kappa shape index (κ3) is 3.55. The molecule has 1 aromatic heterocycles. The van der Waals surface area contributed by atoms with Crippen LogP contribution in [-0.4, -0.2) is 14.2 Å². The fraction of sp³-hybridized carbons (Fsp3) is 0.333. The van der Waals surface area contributed by atoms with Crippen molar-refractivity contribution in [2.24, 2.45) is 0 Å². The van der Waals surface area contributed by atoms with Crippen LogP contribution in [0.5, 0.6) is 5.75 Å². The third-order valence-corrected chi connectivity index (χ3v) is 4.12. The SMILES string of the molecule is CNC(CCc1cccs1)c1ccc(F)c(OC)c1. The summed E-state index contributed by atoms with van der Waals surface area (Å²) in [5, 5.41) is 5.37. The highest BCUT2D eigenvalue weighted by molar-refractivity contribution is 7.09. The van der Waals surface area contributed by atoms with Crippen LogP contribution in [0.25, 0.3) is 0 Å². The molecule has 1 unspecified atom stereocenters. The standard InChI is InChI=1S/C15H18FNOS/c1-17-14(8-6-12-4-3-9-19-12)11-5-7-13(16)15(10-11)18-2/h3-5,7,9-10,14,17H,6,8H2,1-2H3. The van der Waals surface area contributed by atoms with E-state index in [1.807, 2.05) is 13.1 Å². The van der Waals surface area contributed by atoms with Gasteiger partial charge in [0.05, 0.1) is 7.11 Å². The number of aryl methyl sites for hydroxylation is 1. The van der Waals surface area contributed by atoms with Crippen LogP contribution in [0.3, 0.4) is 0 Å². The second-order valence-corrected chi connectivity index (χ2v) is 5.39.